The third-order valence-electron chi connectivity index (χ3n) is 3.71. The van der Waals surface area contributed by atoms with Crippen molar-refractivity contribution in [3.8, 4) is 17.0 Å². The molecule has 22 heavy (non-hydrogen) atoms. The topological polar surface area (TPSA) is 41.1 Å². The third kappa shape index (κ3) is 2.81. The first-order chi connectivity index (χ1) is 10.7. The molecule has 112 valence electrons. The summed E-state index contributed by atoms with van der Waals surface area (Å²) in [6, 6.07) is 17.8. The number of ether oxygens (including phenoxy) is 1. The Hall–Kier alpha value is -2.75. The van der Waals surface area contributed by atoms with Gasteiger partial charge in [-0.05, 0) is 24.6 Å². The molecular weight excluding hydrogens is 276 g/mol. The quantitative estimate of drug-likeness (QED) is 0.548. The van der Waals surface area contributed by atoms with Crippen molar-refractivity contribution in [2.45, 2.75) is 13.5 Å². The molecule has 1 aromatic heterocycles. The first-order valence-electron chi connectivity index (χ1n) is 7.16. The summed E-state index contributed by atoms with van der Waals surface area (Å²) in [7, 11) is 1.64. The monoisotopic (exact) mass is 294 g/mol. The average Bonchev–Trinajstić information content (AvgIpc) is 2.90. The smallest absolute Gasteiger partial charge is 0.209 e. The Kier molecular flexibility index (Phi) is 3.83. The van der Waals surface area contributed by atoms with E-state index in [1.807, 2.05) is 49.4 Å². The molecular formula is C18H18N2O2. The van der Waals surface area contributed by atoms with Gasteiger partial charge in [-0.2, -0.15) is 0 Å². The van der Waals surface area contributed by atoms with Crippen LogP contribution in [0.2, 0.25) is 0 Å². The zero-order chi connectivity index (χ0) is 15.5. The lowest BCUT2D eigenvalue weighted by Crippen LogP contribution is -2.37. The Morgan fingerprint density at radius 2 is 1.68 bits per heavy atom. The molecule has 4 nitrogen and oxygen atoms in total. The van der Waals surface area contributed by atoms with Crippen molar-refractivity contribution < 1.29 is 9.58 Å². The molecule has 0 amide bonds. The maximum absolute atomic E-state index is 12.1. The molecule has 0 N–H and O–H groups in total. The molecule has 1 heterocycles. The maximum atomic E-state index is 12.1. The van der Waals surface area contributed by atoms with E-state index in [1.165, 1.54) is 5.56 Å². The third-order valence-corrected chi connectivity index (χ3v) is 3.71. The second-order valence-electron chi connectivity index (χ2n) is 5.28. The van der Waals surface area contributed by atoms with Gasteiger partial charge in [-0.15, -0.1) is 4.68 Å². The number of aromatic nitrogens is 2. The fourth-order valence-electron chi connectivity index (χ4n) is 2.44. The van der Waals surface area contributed by atoms with Crippen molar-refractivity contribution in [1.29, 1.82) is 0 Å². The number of methoxy groups -OCH3 is 1. The highest BCUT2D eigenvalue weighted by molar-refractivity contribution is 5.59. The zero-order valence-corrected chi connectivity index (χ0v) is 12.7. The minimum Gasteiger partial charge on any atom is -0.596 e. The van der Waals surface area contributed by atoms with E-state index in [1.54, 1.807) is 18.0 Å². The van der Waals surface area contributed by atoms with Gasteiger partial charge in [-0.3, -0.25) is 0 Å². The summed E-state index contributed by atoms with van der Waals surface area (Å²) in [6.45, 7) is 2.57. The summed E-state index contributed by atoms with van der Waals surface area (Å²) >= 11 is 0. The van der Waals surface area contributed by atoms with Crippen molar-refractivity contribution in [2.75, 3.05) is 7.11 Å². The van der Waals surface area contributed by atoms with E-state index in [-0.39, 0.29) is 0 Å². The molecule has 3 rings (SSSR count). The molecule has 0 saturated carbocycles. The molecule has 2 aromatic carbocycles. The summed E-state index contributed by atoms with van der Waals surface area (Å²) < 4.78 is 6.87. The largest absolute Gasteiger partial charge is 0.596 e. The van der Waals surface area contributed by atoms with E-state index in [0.29, 0.717) is 6.54 Å². The molecule has 4 heteroatoms. The summed E-state index contributed by atoms with van der Waals surface area (Å²) in [4.78, 5) is 0.874. The van der Waals surface area contributed by atoms with Crippen molar-refractivity contribution >= 4 is 0 Å². The Morgan fingerprint density at radius 1 is 1.00 bits per heavy atom. The van der Waals surface area contributed by atoms with Crippen LogP contribution in [0.5, 0.6) is 5.75 Å². The number of hydrogen-bond donors (Lipinski definition) is 0. The van der Waals surface area contributed by atoms with Crippen LogP contribution < -0.4 is 9.58 Å². The molecule has 0 aliphatic heterocycles. The number of aryl methyl sites for hydroxylation is 1. The second-order valence-corrected chi connectivity index (χ2v) is 5.28. The van der Waals surface area contributed by atoms with Crippen molar-refractivity contribution in [2.24, 2.45) is 0 Å². The van der Waals surface area contributed by atoms with Crippen LogP contribution in [0.15, 0.2) is 60.8 Å². The highest BCUT2D eigenvalue weighted by Gasteiger charge is 2.13. The Balaban J connectivity index is 1.93. The number of hydrogen-bond acceptors (Lipinski definition) is 2. The zero-order valence-electron chi connectivity index (χ0n) is 12.7. The van der Waals surface area contributed by atoms with Crippen LogP contribution in [0, 0.1) is 12.1 Å². The Bertz CT molecular complexity index is 759. The van der Waals surface area contributed by atoms with E-state index in [2.05, 4.69) is 12.1 Å². The lowest BCUT2D eigenvalue weighted by atomic mass is 10.1. The molecule has 0 aliphatic carbocycles. The fraction of sp³-hybridized carbons (Fsp3) is 0.167. The van der Waals surface area contributed by atoms with Crippen LogP contribution in [0.25, 0.3) is 11.3 Å². The maximum Gasteiger partial charge on any atom is 0.209 e. The van der Waals surface area contributed by atoms with Gasteiger partial charge in [0.1, 0.15) is 18.0 Å². The van der Waals surface area contributed by atoms with Crippen molar-refractivity contribution in [1.82, 2.24) is 4.68 Å². The molecule has 0 unspecified atom stereocenters. The van der Waals surface area contributed by atoms with Crippen LogP contribution >= 0.6 is 0 Å². The van der Waals surface area contributed by atoms with Gasteiger partial charge in [-0.25, -0.2) is 0 Å². The number of nitrogens with zero attached hydrogens (tertiary/aromatic N) is 2. The minimum atomic E-state index is 0.518. The summed E-state index contributed by atoms with van der Waals surface area (Å²) in [5.41, 5.74) is 4.20. The number of benzene rings is 2. The van der Waals surface area contributed by atoms with Crippen molar-refractivity contribution in [3.63, 3.8) is 0 Å². The highest BCUT2D eigenvalue weighted by atomic mass is 16.5. The number of rotatable bonds is 4. The van der Waals surface area contributed by atoms with Crippen LogP contribution in [-0.4, -0.2) is 11.8 Å². The normalized spacial score (nSPS) is 10.6. The van der Waals surface area contributed by atoms with Gasteiger partial charge in [0.25, 0.3) is 0 Å². The lowest BCUT2D eigenvalue weighted by molar-refractivity contribution is -0.692. The average molecular weight is 294 g/mol. The fourth-order valence-corrected chi connectivity index (χ4v) is 2.44. The van der Waals surface area contributed by atoms with Crippen molar-refractivity contribution in [3.05, 3.63) is 77.1 Å². The molecule has 0 atom stereocenters. The molecule has 3 aromatic rings. The van der Waals surface area contributed by atoms with Gasteiger partial charge in [0.2, 0.25) is 6.20 Å². The molecule has 0 saturated heterocycles. The predicted octanol–water partition coefficient (Wildman–Crippen LogP) is 3.15. The molecule has 0 aliphatic rings. The van der Waals surface area contributed by atoms with E-state index in [0.717, 1.165) is 27.4 Å². The summed E-state index contributed by atoms with van der Waals surface area (Å²) in [6.07, 6.45) is 1.54. The first kappa shape index (κ1) is 14.2. The van der Waals surface area contributed by atoms with Crippen LogP contribution in [0.3, 0.4) is 0 Å². The van der Waals surface area contributed by atoms with Gasteiger partial charge in [0.15, 0.2) is 0 Å². The van der Waals surface area contributed by atoms with E-state index < -0.39 is 0 Å². The molecule has 0 fully saturated rings. The molecule has 0 spiro atoms. The lowest BCUT2D eigenvalue weighted by Gasteiger charge is -2.09. The van der Waals surface area contributed by atoms with Crippen LogP contribution in [0.4, 0.5) is 0 Å². The van der Waals surface area contributed by atoms with E-state index in [9.17, 15) is 5.21 Å². The van der Waals surface area contributed by atoms with Gasteiger partial charge < -0.3 is 9.94 Å². The standard InChI is InChI=1S/C18H18N2O2/c1-14-3-7-16(8-4-14)18-11-12-20(21)19(18)13-15-5-9-17(22-2)10-6-15/h3-12H,13H2,1-2H3. The van der Waals surface area contributed by atoms with Gasteiger partial charge in [-0.1, -0.05) is 46.8 Å². The van der Waals surface area contributed by atoms with Gasteiger partial charge in [0.05, 0.1) is 7.11 Å². The summed E-state index contributed by atoms with van der Waals surface area (Å²) in [5, 5.41) is 12.1. The van der Waals surface area contributed by atoms with Gasteiger partial charge >= 0.3 is 0 Å². The van der Waals surface area contributed by atoms with Crippen LogP contribution in [0.1, 0.15) is 11.1 Å². The Morgan fingerprint density at radius 3 is 2.32 bits per heavy atom. The van der Waals surface area contributed by atoms with Crippen LogP contribution in [-0.2, 0) is 6.54 Å². The summed E-state index contributed by atoms with van der Waals surface area (Å²) in [5.74, 6) is 0.810. The van der Waals surface area contributed by atoms with E-state index in [4.69, 9.17) is 4.74 Å². The second kappa shape index (κ2) is 5.93. The first-order valence-corrected chi connectivity index (χ1v) is 7.16. The predicted molar refractivity (Wildman–Crippen MR) is 85.7 cm³/mol. The molecule has 0 bridgehead atoms. The molecule has 0 radical (unpaired) electrons. The van der Waals surface area contributed by atoms with Gasteiger partial charge in [0, 0.05) is 11.6 Å². The highest BCUT2D eigenvalue weighted by Crippen LogP contribution is 2.20. The Labute approximate surface area is 129 Å². The minimum absolute atomic E-state index is 0.518. The van der Waals surface area contributed by atoms with E-state index >= 15 is 0 Å². The SMILES string of the molecule is COc1ccc(Cn2c(-c3ccc(C)cc3)cc[n+]2[O-])cc1.